The molecule has 2 N–H and O–H groups in total. The van der Waals surface area contributed by atoms with Crippen molar-refractivity contribution in [3.63, 3.8) is 0 Å². The van der Waals surface area contributed by atoms with E-state index in [1.165, 1.54) is 37.9 Å². The lowest BCUT2D eigenvalue weighted by molar-refractivity contribution is -0.203. The molecule has 0 saturated heterocycles. The number of Topliss-reactive ketones (excluding diaryl/α,β-unsaturated/α-hetero) is 1. The van der Waals surface area contributed by atoms with Crippen LogP contribution in [-0.2, 0) is 14.6 Å². The Kier molecular flexibility index (Phi) is 8.55. The summed E-state index contributed by atoms with van der Waals surface area (Å²) in [5.74, 6) is 2.30. The molecule has 4 aliphatic carbocycles. The molecule has 224 valence electrons. The van der Waals surface area contributed by atoms with Crippen molar-refractivity contribution in [2.45, 2.75) is 116 Å². The minimum Gasteiger partial charge on any atom is -0.393 e. The van der Waals surface area contributed by atoms with Gasteiger partial charge in [0, 0.05) is 18.8 Å². The standard InChI is InChI=1S/C32H50N2O5S/c1-5-23-27-17-21(35)11-13-32(27,4)26-12-14-31(3)24(9-10-25(31)29(26)30(23)37)20(2)7-6-8-22(36)19-40(38,39)28-18-33-15-16-34-28/h15-16,18,20-21,23-27,29-30,35,37H,5-14,17,19H2,1-4H3/t20-,21-,23-,24-,25+,26+,27+,29+,30-,31-,32-/m1/s1. The second kappa shape index (κ2) is 11.4. The van der Waals surface area contributed by atoms with Gasteiger partial charge in [0.2, 0.25) is 9.84 Å². The summed E-state index contributed by atoms with van der Waals surface area (Å²) < 4.78 is 25.0. The monoisotopic (exact) mass is 574 g/mol. The van der Waals surface area contributed by atoms with E-state index in [9.17, 15) is 23.4 Å². The molecule has 0 unspecified atom stereocenters. The molecule has 4 fully saturated rings. The third kappa shape index (κ3) is 5.19. The van der Waals surface area contributed by atoms with Crippen LogP contribution in [0.3, 0.4) is 0 Å². The van der Waals surface area contributed by atoms with Gasteiger partial charge in [-0.3, -0.25) is 9.78 Å². The van der Waals surface area contributed by atoms with Crippen molar-refractivity contribution >= 4 is 15.6 Å². The van der Waals surface area contributed by atoms with E-state index in [2.05, 4.69) is 37.7 Å². The van der Waals surface area contributed by atoms with Gasteiger partial charge in [0.05, 0.1) is 18.4 Å². The normalized spacial score (nSPS) is 42.0. The SMILES string of the molecule is CC[C@H]1[C@@H](O)[C@@H]2[C@H](CC[C@]3(C)[C@@H]([C@H](C)CCCC(=O)CS(=O)(=O)c4cnccn4)CC[C@@H]23)[C@@]2(C)CC[C@@H](O)C[C@@H]12. The van der Waals surface area contributed by atoms with E-state index in [4.69, 9.17) is 0 Å². The average molecular weight is 575 g/mol. The van der Waals surface area contributed by atoms with Crippen molar-refractivity contribution in [2.24, 2.45) is 52.3 Å². The van der Waals surface area contributed by atoms with E-state index in [0.717, 1.165) is 38.5 Å². The zero-order chi connectivity index (χ0) is 28.9. The Balaban J connectivity index is 1.22. The molecule has 1 heterocycles. The summed E-state index contributed by atoms with van der Waals surface area (Å²) in [6.45, 7) is 9.50. The molecule has 0 aromatic carbocycles. The van der Waals surface area contributed by atoms with Crippen LogP contribution in [0.1, 0.15) is 98.3 Å². The van der Waals surface area contributed by atoms with Gasteiger partial charge >= 0.3 is 0 Å². The first-order valence-corrected chi connectivity index (χ1v) is 17.4. The average Bonchev–Trinajstić information content (AvgIpc) is 3.27. The summed E-state index contributed by atoms with van der Waals surface area (Å²) in [6.07, 6.45) is 13.8. The molecule has 5 rings (SSSR count). The summed E-state index contributed by atoms with van der Waals surface area (Å²) in [5.41, 5.74) is 0.400. The summed E-state index contributed by atoms with van der Waals surface area (Å²) >= 11 is 0. The highest BCUT2D eigenvalue weighted by molar-refractivity contribution is 7.92. The number of carbonyl (C=O) groups is 1. The molecular formula is C32H50N2O5S. The van der Waals surface area contributed by atoms with Gasteiger partial charge in [0.15, 0.2) is 5.03 Å². The molecule has 0 spiro atoms. The van der Waals surface area contributed by atoms with Gasteiger partial charge in [-0.1, -0.05) is 40.5 Å². The fraction of sp³-hybridized carbons (Fsp3) is 0.844. The highest BCUT2D eigenvalue weighted by Crippen LogP contribution is 2.69. The molecule has 4 aliphatic rings. The van der Waals surface area contributed by atoms with Crippen LogP contribution in [0.15, 0.2) is 23.6 Å². The number of nitrogens with zero attached hydrogens (tertiary/aromatic N) is 2. The Morgan fingerprint density at radius 3 is 2.48 bits per heavy atom. The van der Waals surface area contributed by atoms with Crippen LogP contribution >= 0.6 is 0 Å². The first-order chi connectivity index (χ1) is 18.9. The number of aliphatic hydroxyl groups excluding tert-OH is 2. The molecule has 0 aliphatic heterocycles. The zero-order valence-corrected chi connectivity index (χ0v) is 25.7. The molecule has 11 atom stereocenters. The highest BCUT2D eigenvalue weighted by atomic mass is 32.2. The van der Waals surface area contributed by atoms with Crippen molar-refractivity contribution in [3.05, 3.63) is 18.6 Å². The van der Waals surface area contributed by atoms with E-state index in [1.807, 2.05) is 0 Å². The summed E-state index contributed by atoms with van der Waals surface area (Å²) in [7, 11) is -3.75. The minimum atomic E-state index is -3.75. The van der Waals surface area contributed by atoms with E-state index in [1.54, 1.807) is 0 Å². The molecule has 4 saturated carbocycles. The van der Waals surface area contributed by atoms with Crippen LogP contribution in [0.25, 0.3) is 0 Å². The quantitative estimate of drug-likeness (QED) is 0.413. The fourth-order valence-electron chi connectivity index (χ4n) is 10.6. The number of hydrogen-bond acceptors (Lipinski definition) is 7. The van der Waals surface area contributed by atoms with Crippen LogP contribution in [0.5, 0.6) is 0 Å². The fourth-order valence-corrected chi connectivity index (χ4v) is 11.7. The molecule has 8 heteroatoms. The van der Waals surface area contributed by atoms with Crippen molar-refractivity contribution in [3.8, 4) is 0 Å². The zero-order valence-electron chi connectivity index (χ0n) is 24.8. The topological polar surface area (TPSA) is 117 Å². The predicted molar refractivity (Wildman–Crippen MR) is 154 cm³/mol. The molecular weight excluding hydrogens is 524 g/mol. The lowest BCUT2D eigenvalue weighted by atomic mass is 9.41. The van der Waals surface area contributed by atoms with Gasteiger partial charge in [-0.25, -0.2) is 13.4 Å². The number of ketones is 1. The van der Waals surface area contributed by atoms with Crippen molar-refractivity contribution in [1.29, 1.82) is 0 Å². The molecule has 1 aromatic heterocycles. The Bertz CT molecular complexity index is 1160. The van der Waals surface area contributed by atoms with Gasteiger partial charge < -0.3 is 10.2 Å². The second-order valence-corrected chi connectivity index (χ2v) is 16.3. The predicted octanol–water partition coefficient (Wildman–Crippen LogP) is 5.25. The van der Waals surface area contributed by atoms with Gasteiger partial charge in [-0.2, -0.15) is 0 Å². The summed E-state index contributed by atoms with van der Waals surface area (Å²) in [4.78, 5) is 20.2. The lowest BCUT2D eigenvalue weighted by Crippen LogP contribution is -2.62. The number of carbonyl (C=O) groups excluding carboxylic acids is 1. The number of rotatable bonds is 9. The third-order valence-electron chi connectivity index (χ3n) is 12.5. The van der Waals surface area contributed by atoms with Gasteiger partial charge in [0.1, 0.15) is 11.5 Å². The number of aliphatic hydroxyl groups is 2. The maximum atomic E-state index is 12.6. The first-order valence-electron chi connectivity index (χ1n) is 15.8. The van der Waals surface area contributed by atoms with Crippen molar-refractivity contribution in [1.82, 2.24) is 9.97 Å². The van der Waals surface area contributed by atoms with E-state index in [-0.39, 0.29) is 46.2 Å². The molecule has 40 heavy (non-hydrogen) atoms. The van der Waals surface area contributed by atoms with Gasteiger partial charge in [-0.15, -0.1) is 0 Å². The van der Waals surface area contributed by atoms with E-state index in [0.29, 0.717) is 41.9 Å². The molecule has 0 bridgehead atoms. The smallest absolute Gasteiger partial charge is 0.204 e. The summed E-state index contributed by atoms with van der Waals surface area (Å²) in [5, 5.41) is 22.3. The van der Waals surface area contributed by atoms with Crippen molar-refractivity contribution in [2.75, 3.05) is 5.75 Å². The van der Waals surface area contributed by atoms with Crippen LogP contribution in [-0.4, -0.2) is 52.3 Å². The van der Waals surface area contributed by atoms with Gasteiger partial charge in [0.25, 0.3) is 0 Å². The Hall–Kier alpha value is -1.38. The number of aromatic nitrogens is 2. The molecule has 7 nitrogen and oxygen atoms in total. The Labute approximate surface area is 240 Å². The highest BCUT2D eigenvalue weighted by Gasteiger charge is 2.64. The lowest BCUT2D eigenvalue weighted by Gasteiger charge is -2.64. The molecule has 0 amide bonds. The van der Waals surface area contributed by atoms with Crippen LogP contribution in [0, 0.1) is 52.3 Å². The van der Waals surface area contributed by atoms with Crippen LogP contribution in [0.2, 0.25) is 0 Å². The number of fused-ring (bicyclic) bond motifs is 5. The number of hydrogen-bond donors (Lipinski definition) is 2. The van der Waals surface area contributed by atoms with Gasteiger partial charge in [-0.05, 0) is 104 Å². The largest absolute Gasteiger partial charge is 0.393 e. The maximum Gasteiger partial charge on any atom is 0.204 e. The first kappa shape index (κ1) is 30.1. The van der Waals surface area contributed by atoms with Crippen molar-refractivity contribution < 1.29 is 23.4 Å². The van der Waals surface area contributed by atoms with E-state index < -0.39 is 15.6 Å². The summed E-state index contributed by atoms with van der Waals surface area (Å²) in [6, 6.07) is 0. The second-order valence-electron chi connectivity index (χ2n) is 14.3. The maximum absolute atomic E-state index is 12.6. The third-order valence-corrected chi connectivity index (χ3v) is 14.0. The van der Waals surface area contributed by atoms with Crippen LogP contribution < -0.4 is 0 Å². The molecule has 0 radical (unpaired) electrons. The number of sulfone groups is 1. The molecule has 1 aromatic rings. The Morgan fingerprint density at radius 1 is 1.05 bits per heavy atom. The van der Waals surface area contributed by atoms with Crippen LogP contribution in [0.4, 0.5) is 0 Å². The minimum absolute atomic E-state index is 0.142. The van der Waals surface area contributed by atoms with E-state index >= 15 is 0 Å². The Morgan fingerprint density at radius 2 is 1.77 bits per heavy atom.